The minimum absolute atomic E-state index is 0.214. The van der Waals surface area contributed by atoms with Gasteiger partial charge in [-0.15, -0.1) is 0 Å². The number of methoxy groups -OCH3 is 2. The molecule has 150 valence electrons. The number of hydrogen-bond donors (Lipinski definition) is 0. The van der Waals surface area contributed by atoms with Gasteiger partial charge in [-0.3, -0.25) is 4.31 Å². The van der Waals surface area contributed by atoms with Crippen molar-refractivity contribution in [2.45, 2.75) is 32.2 Å². The summed E-state index contributed by atoms with van der Waals surface area (Å²) >= 11 is 2.78. The molecule has 3 rings (SSSR count). The average molecular weight is 422 g/mol. The SMILES string of the molecule is CC.COc1ccc(CN(Sc2ccc(F)c(C)c2)c2ncns2)c(OC)c1. The maximum Gasteiger partial charge on any atom is 0.215 e. The Hall–Kier alpha value is -2.32. The third-order valence-electron chi connectivity index (χ3n) is 3.72. The third kappa shape index (κ3) is 5.59. The lowest BCUT2D eigenvalue weighted by atomic mass is 10.2. The van der Waals surface area contributed by atoms with Crippen LogP contribution in [0.25, 0.3) is 0 Å². The second-order valence-corrected chi connectivity index (χ2v) is 7.29. The summed E-state index contributed by atoms with van der Waals surface area (Å²) in [5, 5.41) is 0.759. The first-order valence-electron chi connectivity index (χ1n) is 8.80. The predicted molar refractivity (Wildman–Crippen MR) is 114 cm³/mol. The average Bonchev–Trinajstić information content (AvgIpc) is 3.27. The minimum atomic E-state index is -0.214. The lowest BCUT2D eigenvalue weighted by Gasteiger charge is -2.21. The van der Waals surface area contributed by atoms with Crippen LogP contribution in [0.5, 0.6) is 11.5 Å². The fraction of sp³-hybridized carbons (Fsp3) is 0.300. The number of benzene rings is 2. The smallest absolute Gasteiger partial charge is 0.215 e. The van der Waals surface area contributed by atoms with Crippen LogP contribution >= 0.6 is 23.5 Å². The van der Waals surface area contributed by atoms with Gasteiger partial charge in [0.15, 0.2) is 0 Å². The van der Waals surface area contributed by atoms with E-state index in [4.69, 9.17) is 9.47 Å². The highest BCUT2D eigenvalue weighted by Gasteiger charge is 2.16. The maximum absolute atomic E-state index is 13.6. The van der Waals surface area contributed by atoms with Crippen LogP contribution in [0.2, 0.25) is 0 Å². The van der Waals surface area contributed by atoms with Crippen LogP contribution < -0.4 is 13.8 Å². The van der Waals surface area contributed by atoms with E-state index in [0.29, 0.717) is 12.1 Å². The van der Waals surface area contributed by atoms with Crippen molar-refractivity contribution in [3.63, 3.8) is 0 Å². The largest absolute Gasteiger partial charge is 0.497 e. The van der Waals surface area contributed by atoms with E-state index in [-0.39, 0.29) is 5.82 Å². The van der Waals surface area contributed by atoms with Gasteiger partial charge in [0, 0.05) is 28.1 Å². The third-order valence-corrected chi connectivity index (χ3v) is 5.51. The molecule has 0 bridgehead atoms. The van der Waals surface area contributed by atoms with Crippen molar-refractivity contribution in [1.82, 2.24) is 9.36 Å². The molecule has 5 nitrogen and oxygen atoms in total. The second-order valence-electron chi connectivity index (χ2n) is 5.44. The standard InChI is InChI=1S/C18H18FN3O2S2.C2H6/c1-12-8-15(6-7-16(12)19)26-22(18-20-11-21-25-18)10-13-4-5-14(23-2)9-17(13)24-3;1-2/h4-9,11H,10H2,1-3H3;1-2H3. The number of rotatable bonds is 7. The Morgan fingerprint density at radius 1 is 1.11 bits per heavy atom. The van der Waals surface area contributed by atoms with E-state index in [2.05, 4.69) is 9.36 Å². The van der Waals surface area contributed by atoms with Crippen LogP contribution in [0.15, 0.2) is 47.6 Å². The maximum atomic E-state index is 13.6. The molecule has 0 aliphatic heterocycles. The summed E-state index contributed by atoms with van der Waals surface area (Å²) in [7, 11) is 3.25. The van der Waals surface area contributed by atoms with Crippen LogP contribution in [0.1, 0.15) is 25.0 Å². The normalized spacial score (nSPS) is 10.1. The van der Waals surface area contributed by atoms with Crippen molar-refractivity contribution in [2.75, 3.05) is 18.5 Å². The number of hydrogen-bond acceptors (Lipinski definition) is 7. The first kappa shape index (κ1) is 22.0. The molecule has 0 fully saturated rings. The molecule has 0 saturated carbocycles. The summed E-state index contributed by atoms with van der Waals surface area (Å²) in [5.74, 6) is 1.25. The molecule has 8 heteroatoms. The van der Waals surface area contributed by atoms with E-state index in [1.54, 1.807) is 27.2 Å². The van der Waals surface area contributed by atoms with E-state index in [1.165, 1.54) is 35.9 Å². The summed E-state index contributed by atoms with van der Waals surface area (Å²) in [6, 6.07) is 10.8. The topological polar surface area (TPSA) is 47.5 Å². The predicted octanol–water partition coefficient (Wildman–Crippen LogP) is 5.74. The number of anilines is 1. The second kappa shape index (κ2) is 10.9. The Kier molecular flexibility index (Phi) is 8.53. The molecule has 0 spiro atoms. The first-order chi connectivity index (χ1) is 13.6. The molecule has 0 N–H and O–H groups in total. The van der Waals surface area contributed by atoms with Crippen LogP contribution in [-0.4, -0.2) is 23.6 Å². The zero-order chi connectivity index (χ0) is 20.5. The summed E-state index contributed by atoms with van der Waals surface area (Å²) < 4.78 is 30.4. The molecule has 1 aromatic heterocycles. The van der Waals surface area contributed by atoms with Crippen molar-refractivity contribution >= 4 is 28.6 Å². The lowest BCUT2D eigenvalue weighted by Crippen LogP contribution is -2.14. The zero-order valence-electron chi connectivity index (χ0n) is 16.6. The number of aromatic nitrogens is 2. The van der Waals surface area contributed by atoms with Crippen molar-refractivity contribution in [3.05, 3.63) is 59.7 Å². The monoisotopic (exact) mass is 421 g/mol. The lowest BCUT2D eigenvalue weighted by molar-refractivity contribution is 0.391. The first-order valence-corrected chi connectivity index (χ1v) is 10.3. The molecule has 0 atom stereocenters. The Bertz CT molecular complexity index is 876. The van der Waals surface area contributed by atoms with E-state index < -0.39 is 0 Å². The molecule has 28 heavy (non-hydrogen) atoms. The van der Waals surface area contributed by atoms with Gasteiger partial charge < -0.3 is 9.47 Å². The van der Waals surface area contributed by atoms with E-state index >= 15 is 0 Å². The Balaban J connectivity index is 0.00000136. The molecule has 0 aliphatic carbocycles. The summed E-state index contributed by atoms with van der Waals surface area (Å²) in [4.78, 5) is 5.23. The van der Waals surface area contributed by atoms with Gasteiger partial charge in [0.1, 0.15) is 23.6 Å². The minimum Gasteiger partial charge on any atom is -0.497 e. The highest BCUT2D eigenvalue weighted by atomic mass is 32.2. The fourth-order valence-electron chi connectivity index (χ4n) is 2.35. The Morgan fingerprint density at radius 3 is 2.50 bits per heavy atom. The molecule has 1 heterocycles. The van der Waals surface area contributed by atoms with Crippen LogP contribution in [0.4, 0.5) is 9.52 Å². The van der Waals surface area contributed by atoms with Gasteiger partial charge >= 0.3 is 0 Å². The summed E-state index contributed by atoms with van der Waals surface area (Å²) in [6.45, 7) is 6.30. The molecule has 2 aromatic carbocycles. The quantitative estimate of drug-likeness (QED) is 0.453. The summed E-state index contributed by atoms with van der Waals surface area (Å²) in [6.07, 6.45) is 1.52. The van der Waals surface area contributed by atoms with Gasteiger partial charge in [-0.05, 0) is 54.8 Å². The van der Waals surface area contributed by atoms with Crippen LogP contribution in [0.3, 0.4) is 0 Å². The molecule has 0 aliphatic rings. The highest BCUT2D eigenvalue weighted by Crippen LogP contribution is 2.34. The number of halogens is 1. The van der Waals surface area contributed by atoms with Gasteiger partial charge in [0.05, 0.1) is 20.8 Å². The van der Waals surface area contributed by atoms with Gasteiger partial charge in [-0.25, -0.2) is 9.37 Å². The van der Waals surface area contributed by atoms with Crippen molar-refractivity contribution in [1.29, 1.82) is 0 Å². The fourth-order valence-corrected chi connectivity index (χ4v) is 3.95. The molecule has 0 unspecified atom stereocenters. The van der Waals surface area contributed by atoms with Gasteiger partial charge in [-0.2, -0.15) is 4.37 Å². The van der Waals surface area contributed by atoms with Gasteiger partial charge in [0.2, 0.25) is 5.13 Å². The van der Waals surface area contributed by atoms with E-state index in [0.717, 1.165) is 27.1 Å². The van der Waals surface area contributed by atoms with Gasteiger partial charge in [0.25, 0.3) is 0 Å². The van der Waals surface area contributed by atoms with E-state index in [9.17, 15) is 4.39 Å². The highest BCUT2D eigenvalue weighted by molar-refractivity contribution is 8.00. The zero-order valence-corrected chi connectivity index (χ0v) is 18.2. The summed E-state index contributed by atoms with van der Waals surface area (Å²) in [5.41, 5.74) is 1.59. The van der Waals surface area contributed by atoms with Crippen molar-refractivity contribution < 1.29 is 13.9 Å². The van der Waals surface area contributed by atoms with Crippen molar-refractivity contribution in [3.8, 4) is 11.5 Å². The van der Waals surface area contributed by atoms with Crippen LogP contribution in [-0.2, 0) is 6.54 Å². The van der Waals surface area contributed by atoms with Crippen molar-refractivity contribution in [2.24, 2.45) is 0 Å². The Labute approximate surface area is 173 Å². The van der Waals surface area contributed by atoms with E-state index in [1.807, 2.05) is 42.4 Å². The molecule has 0 amide bonds. The number of nitrogens with zero attached hydrogens (tertiary/aromatic N) is 3. The molecular weight excluding hydrogens is 397 g/mol. The molecular formula is C20H24FN3O2S2. The molecule has 0 saturated heterocycles. The van der Waals surface area contributed by atoms with Gasteiger partial charge in [-0.1, -0.05) is 13.8 Å². The Morgan fingerprint density at radius 2 is 1.89 bits per heavy atom. The van der Waals surface area contributed by atoms with Crippen LogP contribution in [0, 0.1) is 12.7 Å². The molecule has 0 radical (unpaired) electrons. The number of ether oxygens (including phenoxy) is 2. The number of aryl methyl sites for hydroxylation is 1. The molecule has 3 aromatic rings.